The zero-order valence-electron chi connectivity index (χ0n) is 13.1. The van der Waals surface area contributed by atoms with Crippen LogP contribution in [-0.2, 0) is 0 Å². The van der Waals surface area contributed by atoms with Crippen molar-refractivity contribution in [3.05, 3.63) is 34.9 Å². The molecule has 0 heterocycles. The van der Waals surface area contributed by atoms with Crippen LogP contribution < -0.4 is 5.43 Å². The van der Waals surface area contributed by atoms with Crippen LogP contribution in [0.4, 0.5) is 0 Å². The molecule has 1 N–H and O–H groups in total. The van der Waals surface area contributed by atoms with Gasteiger partial charge in [-0.05, 0) is 75.1 Å². The lowest BCUT2D eigenvalue weighted by Crippen LogP contribution is -2.24. The molecule has 3 heteroatoms. The van der Waals surface area contributed by atoms with Gasteiger partial charge in [-0.15, -0.1) is 0 Å². The van der Waals surface area contributed by atoms with Crippen molar-refractivity contribution in [2.45, 2.75) is 46.5 Å². The summed E-state index contributed by atoms with van der Waals surface area (Å²) in [4.78, 5) is 12.2. The summed E-state index contributed by atoms with van der Waals surface area (Å²) in [5.74, 6) is 2.18. The normalized spacial score (nSPS) is 28.0. The van der Waals surface area contributed by atoms with Crippen LogP contribution in [0.5, 0.6) is 0 Å². The Kier molecular flexibility index (Phi) is 3.83. The van der Waals surface area contributed by atoms with E-state index in [-0.39, 0.29) is 5.91 Å². The Morgan fingerprint density at radius 3 is 2.62 bits per heavy atom. The number of hydrazone groups is 1. The first kappa shape index (κ1) is 14.3. The molecular formula is C18H24N2O. The summed E-state index contributed by atoms with van der Waals surface area (Å²) in [5, 5.41) is 4.37. The minimum absolute atomic E-state index is 0.111. The van der Waals surface area contributed by atoms with E-state index >= 15 is 0 Å². The first-order valence-electron chi connectivity index (χ1n) is 7.96. The largest absolute Gasteiger partial charge is 0.271 e. The van der Waals surface area contributed by atoms with Gasteiger partial charge in [-0.2, -0.15) is 5.10 Å². The predicted molar refractivity (Wildman–Crippen MR) is 85.4 cm³/mol. The number of amides is 1. The highest BCUT2D eigenvalue weighted by atomic mass is 16.2. The molecule has 1 amide bonds. The quantitative estimate of drug-likeness (QED) is 0.665. The summed E-state index contributed by atoms with van der Waals surface area (Å²) in [6, 6.07) is 5.77. The fourth-order valence-corrected chi connectivity index (χ4v) is 3.93. The van der Waals surface area contributed by atoms with Gasteiger partial charge >= 0.3 is 0 Å². The van der Waals surface area contributed by atoms with Gasteiger partial charge in [-0.25, -0.2) is 5.43 Å². The van der Waals surface area contributed by atoms with Gasteiger partial charge in [0.1, 0.15) is 0 Å². The number of carbonyl (C=O) groups is 1. The maximum atomic E-state index is 12.2. The first-order valence-corrected chi connectivity index (χ1v) is 7.96. The lowest BCUT2D eigenvalue weighted by molar-refractivity contribution is 0.0954. The second kappa shape index (κ2) is 5.63. The van der Waals surface area contributed by atoms with Gasteiger partial charge in [0.15, 0.2) is 0 Å². The number of aryl methyl sites for hydroxylation is 2. The lowest BCUT2D eigenvalue weighted by atomic mass is 9.86. The van der Waals surface area contributed by atoms with E-state index in [4.69, 9.17) is 0 Å². The molecule has 1 aromatic carbocycles. The molecule has 2 saturated carbocycles. The smallest absolute Gasteiger partial charge is 0.267 e. The van der Waals surface area contributed by atoms with Gasteiger partial charge in [0.25, 0.3) is 5.91 Å². The van der Waals surface area contributed by atoms with E-state index in [0.717, 1.165) is 23.1 Å². The van der Waals surface area contributed by atoms with E-state index in [0.29, 0.717) is 11.5 Å². The number of carbonyl (C=O) groups excluding carboxylic acids is 1. The molecule has 21 heavy (non-hydrogen) atoms. The predicted octanol–water partition coefficient (Wildman–Crippen LogP) is 3.85. The van der Waals surface area contributed by atoms with E-state index in [9.17, 15) is 4.79 Å². The third-order valence-electron chi connectivity index (χ3n) is 5.38. The number of hydrogen-bond acceptors (Lipinski definition) is 2. The van der Waals surface area contributed by atoms with Crippen LogP contribution in [0.2, 0.25) is 0 Å². The molecule has 0 spiro atoms. The fourth-order valence-electron chi connectivity index (χ4n) is 3.93. The fraction of sp³-hybridized carbons (Fsp3) is 0.556. The van der Waals surface area contributed by atoms with Crippen molar-refractivity contribution in [2.24, 2.45) is 22.9 Å². The van der Waals surface area contributed by atoms with Gasteiger partial charge < -0.3 is 0 Å². The molecule has 0 aromatic heterocycles. The summed E-state index contributed by atoms with van der Waals surface area (Å²) < 4.78 is 0. The van der Waals surface area contributed by atoms with Crippen molar-refractivity contribution in [1.82, 2.24) is 5.43 Å². The van der Waals surface area contributed by atoms with Crippen molar-refractivity contribution >= 4 is 11.6 Å². The Bertz CT molecular complexity index is 591. The van der Waals surface area contributed by atoms with Crippen molar-refractivity contribution in [2.75, 3.05) is 0 Å². The number of rotatable bonds is 3. The summed E-state index contributed by atoms with van der Waals surface area (Å²) in [6.45, 7) is 6.14. The van der Waals surface area contributed by atoms with Crippen LogP contribution in [0.1, 0.15) is 54.1 Å². The second-order valence-electron chi connectivity index (χ2n) is 6.77. The molecule has 2 aliphatic rings. The van der Waals surface area contributed by atoms with Gasteiger partial charge in [-0.3, -0.25) is 4.79 Å². The van der Waals surface area contributed by atoms with Crippen LogP contribution in [-0.4, -0.2) is 11.6 Å². The second-order valence-corrected chi connectivity index (χ2v) is 6.77. The molecular weight excluding hydrogens is 260 g/mol. The molecule has 3 atom stereocenters. The molecule has 0 radical (unpaired) electrons. The van der Waals surface area contributed by atoms with Crippen LogP contribution in [0.3, 0.4) is 0 Å². The topological polar surface area (TPSA) is 41.5 Å². The van der Waals surface area contributed by atoms with E-state index in [1.165, 1.54) is 31.2 Å². The van der Waals surface area contributed by atoms with Gasteiger partial charge in [-0.1, -0.05) is 12.5 Å². The van der Waals surface area contributed by atoms with Gasteiger partial charge in [0.05, 0.1) is 0 Å². The summed E-state index contributed by atoms with van der Waals surface area (Å²) >= 11 is 0. The van der Waals surface area contributed by atoms with E-state index < -0.39 is 0 Å². The first-order chi connectivity index (χ1) is 10.0. The Morgan fingerprint density at radius 1 is 1.19 bits per heavy atom. The molecule has 2 fully saturated rings. The highest BCUT2D eigenvalue weighted by Gasteiger charge is 2.40. The number of benzene rings is 1. The highest BCUT2D eigenvalue weighted by Crippen LogP contribution is 2.48. The number of nitrogens with zero attached hydrogens (tertiary/aromatic N) is 1. The average molecular weight is 284 g/mol. The van der Waals surface area contributed by atoms with Crippen LogP contribution in [0, 0.1) is 31.6 Å². The van der Waals surface area contributed by atoms with Crippen molar-refractivity contribution < 1.29 is 4.79 Å². The van der Waals surface area contributed by atoms with E-state index in [2.05, 4.69) is 24.4 Å². The van der Waals surface area contributed by atoms with E-state index in [1.807, 2.05) is 25.1 Å². The lowest BCUT2D eigenvalue weighted by Gasteiger charge is -2.21. The monoisotopic (exact) mass is 284 g/mol. The molecule has 3 rings (SSSR count). The zero-order chi connectivity index (χ0) is 15.0. The van der Waals surface area contributed by atoms with Crippen LogP contribution in [0.25, 0.3) is 0 Å². The SMILES string of the molecule is C/C(=N/NC(=O)c1ccc(C)c(C)c1)[C@H]1C[C@@H]2CC[C@@H]1C2. The molecule has 0 aliphatic heterocycles. The maximum absolute atomic E-state index is 12.2. The van der Waals surface area contributed by atoms with Crippen LogP contribution >= 0.6 is 0 Å². The van der Waals surface area contributed by atoms with Crippen molar-refractivity contribution in [1.29, 1.82) is 0 Å². The standard InChI is InChI=1S/C18H24N2O/c1-11-4-6-16(8-12(11)2)18(21)20-19-13(3)17-10-14-5-7-15(17)9-14/h4,6,8,14-15,17H,5,7,9-10H2,1-3H3,(H,20,21)/b19-13-/t14-,15-,17-/m1/s1. The van der Waals surface area contributed by atoms with Gasteiger partial charge in [0, 0.05) is 17.2 Å². The van der Waals surface area contributed by atoms with E-state index in [1.54, 1.807) is 0 Å². The minimum Gasteiger partial charge on any atom is -0.267 e. The molecule has 112 valence electrons. The number of fused-ring (bicyclic) bond motifs is 2. The Hall–Kier alpha value is -1.64. The van der Waals surface area contributed by atoms with Crippen LogP contribution in [0.15, 0.2) is 23.3 Å². The number of nitrogens with one attached hydrogen (secondary N) is 1. The Balaban J connectivity index is 1.64. The highest BCUT2D eigenvalue weighted by molar-refractivity contribution is 5.95. The molecule has 2 aliphatic carbocycles. The summed E-state index contributed by atoms with van der Waals surface area (Å²) in [7, 11) is 0. The molecule has 1 aromatic rings. The Morgan fingerprint density at radius 2 is 2.00 bits per heavy atom. The minimum atomic E-state index is -0.111. The Labute approximate surface area is 126 Å². The third kappa shape index (κ3) is 2.87. The zero-order valence-corrected chi connectivity index (χ0v) is 13.1. The molecule has 0 unspecified atom stereocenters. The molecule has 3 nitrogen and oxygen atoms in total. The third-order valence-corrected chi connectivity index (χ3v) is 5.38. The average Bonchev–Trinajstić information content (AvgIpc) is 3.10. The molecule has 0 saturated heterocycles. The van der Waals surface area contributed by atoms with Gasteiger partial charge in [0.2, 0.25) is 0 Å². The van der Waals surface area contributed by atoms with Crippen molar-refractivity contribution in [3.8, 4) is 0 Å². The number of hydrogen-bond donors (Lipinski definition) is 1. The summed E-state index contributed by atoms with van der Waals surface area (Å²) in [5.41, 5.74) is 6.85. The van der Waals surface area contributed by atoms with Crippen molar-refractivity contribution in [3.63, 3.8) is 0 Å². The summed E-state index contributed by atoms with van der Waals surface area (Å²) in [6.07, 6.45) is 5.36. The molecule has 2 bridgehead atoms. The maximum Gasteiger partial charge on any atom is 0.271 e.